The molecule has 1 aromatic heterocycles. The van der Waals surface area contributed by atoms with Crippen LogP contribution in [-0.2, 0) is 6.42 Å². The minimum absolute atomic E-state index is 0.147. The minimum Gasteiger partial charge on any atom is -0.388 e. The molecule has 35 heavy (non-hydrogen) atoms. The van der Waals surface area contributed by atoms with Crippen LogP contribution in [0.15, 0.2) is 30.6 Å². The zero-order chi connectivity index (χ0) is 25.1. The molecule has 0 atom stereocenters. The van der Waals surface area contributed by atoms with Crippen molar-refractivity contribution in [2.75, 3.05) is 6.54 Å². The summed E-state index contributed by atoms with van der Waals surface area (Å²) in [5.74, 6) is -0.147. The smallest absolute Gasteiger partial charge is 0.128 e. The van der Waals surface area contributed by atoms with Crippen LogP contribution >= 0.6 is 0 Å². The van der Waals surface area contributed by atoms with Gasteiger partial charge in [-0.25, -0.2) is 4.39 Å². The second kappa shape index (κ2) is 18.5. The Bertz CT molecular complexity index is 822. The average molecular weight is 485 g/mol. The normalized spacial score (nSPS) is 11.4. The number of hydrogen-bond donors (Lipinski definition) is 2. The van der Waals surface area contributed by atoms with Crippen LogP contribution in [0.1, 0.15) is 134 Å². The Balaban J connectivity index is 1.36. The molecule has 0 amide bonds. The first kappa shape index (κ1) is 29.5. The van der Waals surface area contributed by atoms with Crippen LogP contribution in [0.4, 0.5) is 4.39 Å². The highest BCUT2D eigenvalue weighted by Crippen LogP contribution is 2.23. The number of aromatic amines is 1. The molecule has 2 rings (SSSR count). The van der Waals surface area contributed by atoms with E-state index in [1.54, 1.807) is 6.07 Å². The number of benzene rings is 1. The number of aryl methyl sites for hydroxylation is 1. The summed E-state index contributed by atoms with van der Waals surface area (Å²) in [5, 5.41) is 4.61. The van der Waals surface area contributed by atoms with Crippen molar-refractivity contribution in [1.29, 1.82) is 0 Å². The lowest BCUT2D eigenvalue weighted by Crippen LogP contribution is -2.15. The second-order valence-corrected chi connectivity index (χ2v) is 10.6. The highest BCUT2D eigenvalue weighted by atomic mass is 19.1. The van der Waals surface area contributed by atoms with Crippen molar-refractivity contribution in [3.05, 3.63) is 47.5 Å². The minimum atomic E-state index is -0.147. The molecule has 0 radical (unpaired) electrons. The van der Waals surface area contributed by atoms with Crippen molar-refractivity contribution in [3.8, 4) is 0 Å². The van der Waals surface area contributed by atoms with Crippen LogP contribution in [0.2, 0.25) is 0 Å². The van der Waals surface area contributed by atoms with E-state index in [2.05, 4.69) is 23.8 Å². The molecule has 198 valence electrons. The van der Waals surface area contributed by atoms with E-state index in [4.69, 9.17) is 0 Å². The Morgan fingerprint density at radius 1 is 0.800 bits per heavy atom. The number of fused-ring (bicyclic) bond motifs is 1. The summed E-state index contributed by atoms with van der Waals surface area (Å²) in [6.45, 7) is 9.20. The zero-order valence-electron chi connectivity index (χ0n) is 23.0. The third kappa shape index (κ3) is 12.2. The van der Waals surface area contributed by atoms with Gasteiger partial charge in [-0.15, -0.1) is 0 Å². The summed E-state index contributed by atoms with van der Waals surface area (Å²) in [7, 11) is 0. The van der Waals surface area contributed by atoms with E-state index in [1.807, 2.05) is 19.2 Å². The quantitative estimate of drug-likeness (QED) is 0.160. The van der Waals surface area contributed by atoms with Crippen molar-refractivity contribution >= 4 is 10.9 Å². The van der Waals surface area contributed by atoms with E-state index < -0.39 is 0 Å². The summed E-state index contributed by atoms with van der Waals surface area (Å²) >= 11 is 0. The Hall–Kier alpha value is -1.77. The van der Waals surface area contributed by atoms with Gasteiger partial charge >= 0.3 is 0 Å². The largest absolute Gasteiger partial charge is 0.388 e. The molecule has 0 aliphatic rings. The van der Waals surface area contributed by atoms with E-state index in [0.29, 0.717) is 5.56 Å². The van der Waals surface area contributed by atoms with Gasteiger partial charge in [-0.1, -0.05) is 116 Å². The van der Waals surface area contributed by atoms with Crippen LogP contribution in [0.5, 0.6) is 0 Å². The van der Waals surface area contributed by atoms with Crippen molar-refractivity contribution in [3.63, 3.8) is 0 Å². The highest BCUT2D eigenvalue weighted by molar-refractivity contribution is 5.86. The van der Waals surface area contributed by atoms with Crippen LogP contribution in [0.3, 0.4) is 0 Å². The van der Waals surface area contributed by atoms with E-state index in [0.717, 1.165) is 36.0 Å². The predicted molar refractivity (Wildman–Crippen MR) is 153 cm³/mol. The molecule has 0 aliphatic heterocycles. The molecule has 0 aliphatic carbocycles. The molecular weight excluding hydrogens is 431 g/mol. The maximum Gasteiger partial charge on any atom is 0.128 e. The third-order valence-electron chi connectivity index (χ3n) is 7.49. The summed E-state index contributed by atoms with van der Waals surface area (Å²) in [5.41, 5.74) is 4.00. The van der Waals surface area contributed by atoms with Crippen LogP contribution in [0, 0.1) is 12.7 Å². The lowest BCUT2D eigenvalue weighted by atomic mass is 10.0. The van der Waals surface area contributed by atoms with Gasteiger partial charge in [0, 0.05) is 29.4 Å². The number of H-pyrrole nitrogens is 1. The van der Waals surface area contributed by atoms with E-state index in [9.17, 15) is 4.39 Å². The topological polar surface area (TPSA) is 27.8 Å². The van der Waals surface area contributed by atoms with Crippen molar-refractivity contribution in [2.24, 2.45) is 0 Å². The lowest BCUT2D eigenvalue weighted by molar-refractivity contribution is 0.526. The molecule has 2 N–H and O–H groups in total. The Morgan fingerprint density at radius 2 is 1.31 bits per heavy atom. The van der Waals surface area contributed by atoms with Gasteiger partial charge in [0.15, 0.2) is 0 Å². The van der Waals surface area contributed by atoms with E-state index in [1.165, 1.54) is 115 Å². The van der Waals surface area contributed by atoms with Crippen molar-refractivity contribution in [2.45, 2.75) is 136 Å². The third-order valence-corrected chi connectivity index (χ3v) is 7.49. The molecule has 2 nitrogen and oxygen atoms in total. The van der Waals surface area contributed by atoms with Gasteiger partial charge in [0.05, 0.1) is 5.52 Å². The average Bonchev–Trinajstić information content (AvgIpc) is 3.27. The number of nitrogens with one attached hydrogen (secondary N) is 2. The maximum atomic E-state index is 13.7. The second-order valence-electron chi connectivity index (χ2n) is 10.6. The maximum absolute atomic E-state index is 13.7. The first-order valence-electron chi connectivity index (χ1n) is 14.8. The Kier molecular flexibility index (Phi) is 15.6. The van der Waals surface area contributed by atoms with Gasteiger partial charge in [-0.05, 0) is 43.9 Å². The van der Waals surface area contributed by atoms with Crippen LogP contribution in [0.25, 0.3) is 10.9 Å². The van der Waals surface area contributed by atoms with Gasteiger partial charge in [0.25, 0.3) is 0 Å². The Labute approximate surface area is 215 Å². The first-order valence-corrected chi connectivity index (χ1v) is 14.8. The van der Waals surface area contributed by atoms with Gasteiger partial charge in [-0.3, -0.25) is 0 Å². The molecule has 1 heterocycles. The molecule has 0 spiro atoms. The molecule has 0 saturated heterocycles. The molecule has 0 unspecified atom stereocenters. The molecule has 0 bridgehead atoms. The summed E-state index contributed by atoms with van der Waals surface area (Å²) in [4.78, 5) is 3.23. The van der Waals surface area contributed by atoms with Gasteiger partial charge in [-0.2, -0.15) is 0 Å². The van der Waals surface area contributed by atoms with E-state index >= 15 is 0 Å². The van der Waals surface area contributed by atoms with Crippen LogP contribution in [-0.4, -0.2) is 11.5 Å². The predicted octanol–water partition coefficient (Wildman–Crippen LogP) is 10.3. The fraction of sp³-hybridized carbons (Fsp3) is 0.688. The molecule has 1 aromatic carbocycles. The van der Waals surface area contributed by atoms with Crippen molar-refractivity contribution < 1.29 is 4.39 Å². The SMILES string of the molecule is C=C(CCCCCCCCCCCCCCCCCCC)NCCc1c[nH]c2c(C)c(F)ccc12. The highest BCUT2D eigenvalue weighted by Gasteiger charge is 2.08. The van der Waals surface area contributed by atoms with Gasteiger partial charge in [0.2, 0.25) is 0 Å². The molecule has 3 heteroatoms. The number of hydrogen-bond acceptors (Lipinski definition) is 1. The number of allylic oxidation sites excluding steroid dienone is 1. The molecule has 0 saturated carbocycles. The fourth-order valence-electron chi connectivity index (χ4n) is 5.11. The van der Waals surface area contributed by atoms with Crippen LogP contribution < -0.4 is 5.32 Å². The number of unbranched alkanes of at least 4 members (excludes halogenated alkanes) is 16. The fourth-order valence-corrected chi connectivity index (χ4v) is 5.11. The summed E-state index contributed by atoms with van der Waals surface area (Å²) in [6, 6.07) is 3.45. The van der Waals surface area contributed by atoms with Gasteiger partial charge < -0.3 is 10.3 Å². The zero-order valence-corrected chi connectivity index (χ0v) is 23.0. The number of rotatable bonds is 22. The Morgan fingerprint density at radius 3 is 1.86 bits per heavy atom. The molecule has 0 fully saturated rings. The number of aromatic nitrogens is 1. The standard InChI is InChI=1S/C32H53FN2/c1-4-5-6-7-8-9-10-11-12-13-14-15-16-17-18-19-20-21-27(2)34-25-24-29-26-35-32-28(3)31(33)23-22-30(29)32/h22-23,26,34-35H,2,4-21,24-25H2,1,3H3. The molecule has 2 aromatic rings. The monoisotopic (exact) mass is 484 g/mol. The van der Waals surface area contributed by atoms with Gasteiger partial charge in [0.1, 0.15) is 5.82 Å². The number of halogens is 1. The lowest BCUT2D eigenvalue weighted by Gasteiger charge is -2.09. The van der Waals surface area contributed by atoms with Crippen molar-refractivity contribution in [1.82, 2.24) is 10.3 Å². The van der Waals surface area contributed by atoms with E-state index in [-0.39, 0.29) is 5.82 Å². The first-order chi connectivity index (χ1) is 17.1. The molecular formula is C32H53FN2. The summed E-state index contributed by atoms with van der Waals surface area (Å²) < 4.78 is 13.7. The summed E-state index contributed by atoms with van der Waals surface area (Å²) in [6.07, 6.45) is 27.9.